The number of likely N-dealkylation sites (N-methyl/N-ethyl adjacent to an activating group) is 1. The second kappa shape index (κ2) is 8.11. The highest BCUT2D eigenvalue weighted by molar-refractivity contribution is 5.83. The van der Waals surface area contributed by atoms with E-state index in [0.29, 0.717) is 19.5 Å². The van der Waals surface area contributed by atoms with Crippen molar-refractivity contribution in [2.45, 2.75) is 58.1 Å². The van der Waals surface area contributed by atoms with Crippen molar-refractivity contribution in [3.63, 3.8) is 0 Å². The van der Waals surface area contributed by atoms with Gasteiger partial charge in [-0.3, -0.25) is 4.79 Å². The van der Waals surface area contributed by atoms with Crippen LogP contribution in [0.3, 0.4) is 0 Å². The monoisotopic (exact) mass is 299 g/mol. The Bertz CT molecular complexity index is 327. The fourth-order valence-electron chi connectivity index (χ4n) is 3.63. The van der Waals surface area contributed by atoms with E-state index in [1.807, 2.05) is 19.0 Å². The van der Waals surface area contributed by atoms with Gasteiger partial charge in [0, 0.05) is 25.7 Å². The first-order chi connectivity index (χ1) is 9.90. The summed E-state index contributed by atoms with van der Waals surface area (Å²) >= 11 is 0. The molecule has 0 saturated carbocycles. The molecule has 3 N–H and O–H groups in total. The third-order valence-corrected chi connectivity index (χ3v) is 4.53. The van der Waals surface area contributed by atoms with Gasteiger partial charge < -0.3 is 20.6 Å². The van der Waals surface area contributed by atoms with E-state index in [9.17, 15) is 9.90 Å². The van der Waals surface area contributed by atoms with Gasteiger partial charge in [-0.2, -0.15) is 0 Å². The maximum atomic E-state index is 13.1. The van der Waals surface area contributed by atoms with Gasteiger partial charge in [0.2, 0.25) is 5.91 Å². The van der Waals surface area contributed by atoms with E-state index < -0.39 is 11.5 Å². The maximum Gasteiger partial charge on any atom is 0.230 e. The Morgan fingerprint density at radius 2 is 1.90 bits per heavy atom. The van der Waals surface area contributed by atoms with Crippen LogP contribution in [0.15, 0.2) is 0 Å². The number of aliphatic hydroxyl groups excluding tert-OH is 1. The molecular weight excluding hydrogens is 266 g/mol. The van der Waals surface area contributed by atoms with Crippen molar-refractivity contribution in [3.05, 3.63) is 0 Å². The molecule has 2 atom stereocenters. The van der Waals surface area contributed by atoms with Crippen LogP contribution >= 0.6 is 0 Å². The Labute approximate surface area is 129 Å². The zero-order valence-electron chi connectivity index (χ0n) is 14.1. The topological polar surface area (TPSA) is 69.8 Å². The summed E-state index contributed by atoms with van der Waals surface area (Å²) in [6.07, 6.45) is 3.84. The van der Waals surface area contributed by atoms with Crippen LogP contribution in [0.2, 0.25) is 0 Å². The minimum Gasteiger partial charge on any atom is -0.391 e. The Morgan fingerprint density at radius 1 is 1.33 bits per heavy atom. The molecule has 1 fully saturated rings. The molecule has 1 aliphatic rings. The van der Waals surface area contributed by atoms with E-state index in [1.165, 1.54) is 0 Å². The number of rotatable bonds is 8. The highest BCUT2D eigenvalue weighted by Crippen LogP contribution is 2.34. The van der Waals surface area contributed by atoms with E-state index in [1.54, 1.807) is 0 Å². The third-order valence-electron chi connectivity index (χ3n) is 4.53. The zero-order chi connectivity index (χ0) is 16.0. The van der Waals surface area contributed by atoms with Crippen molar-refractivity contribution in [2.24, 2.45) is 11.1 Å². The Balaban J connectivity index is 2.94. The van der Waals surface area contributed by atoms with Crippen molar-refractivity contribution in [2.75, 3.05) is 33.7 Å². The van der Waals surface area contributed by atoms with Crippen molar-refractivity contribution in [1.82, 2.24) is 9.80 Å². The molecule has 0 aromatic carbocycles. The SMILES string of the molecule is CCCC(CN)(CCC)C(=O)N1CC(O)CC1CN(C)C. The summed E-state index contributed by atoms with van der Waals surface area (Å²) in [5.41, 5.74) is 5.56. The Kier molecular flexibility index (Phi) is 7.10. The normalized spacial score (nSPS) is 23.1. The van der Waals surface area contributed by atoms with Crippen molar-refractivity contribution < 1.29 is 9.90 Å². The Morgan fingerprint density at radius 3 is 2.33 bits per heavy atom. The first kappa shape index (κ1) is 18.4. The van der Waals surface area contributed by atoms with Gasteiger partial charge in [-0.15, -0.1) is 0 Å². The molecule has 0 aliphatic carbocycles. The van der Waals surface area contributed by atoms with Crippen LogP contribution in [-0.2, 0) is 4.79 Å². The molecule has 1 rings (SSSR count). The van der Waals surface area contributed by atoms with Crippen LogP contribution in [0, 0.1) is 5.41 Å². The van der Waals surface area contributed by atoms with Crippen LogP contribution in [0.4, 0.5) is 0 Å². The average molecular weight is 299 g/mol. The molecule has 5 nitrogen and oxygen atoms in total. The van der Waals surface area contributed by atoms with Crippen LogP contribution in [0.5, 0.6) is 0 Å². The van der Waals surface area contributed by atoms with E-state index in [4.69, 9.17) is 5.73 Å². The van der Waals surface area contributed by atoms with Crippen LogP contribution in [0.1, 0.15) is 46.0 Å². The lowest BCUT2D eigenvalue weighted by molar-refractivity contribution is -0.144. The van der Waals surface area contributed by atoms with Crippen molar-refractivity contribution in [1.29, 1.82) is 0 Å². The quantitative estimate of drug-likeness (QED) is 0.703. The summed E-state index contributed by atoms with van der Waals surface area (Å²) in [5.74, 6) is 0.150. The van der Waals surface area contributed by atoms with Gasteiger partial charge in [0.25, 0.3) is 0 Å². The summed E-state index contributed by atoms with van der Waals surface area (Å²) in [7, 11) is 4.00. The molecule has 0 aromatic rings. The second-order valence-electron chi connectivity index (χ2n) is 6.75. The first-order valence-electron chi connectivity index (χ1n) is 8.24. The van der Waals surface area contributed by atoms with Gasteiger partial charge in [-0.1, -0.05) is 26.7 Å². The number of nitrogens with two attached hydrogens (primary N) is 1. The minimum atomic E-state index is -0.446. The third kappa shape index (κ3) is 4.41. The smallest absolute Gasteiger partial charge is 0.230 e. The summed E-state index contributed by atoms with van der Waals surface area (Å²) < 4.78 is 0. The molecule has 1 amide bonds. The van der Waals surface area contributed by atoms with Gasteiger partial charge >= 0.3 is 0 Å². The number of carbonyl (C=O) groups excluding carboxylic acids is 1. The van der Waals surface area contributed by atoms with Gasteiger partial charge in [-0.05, 0) is 33.4 Å². The second-order valence-corrected chi connectivity index (χ2v) is 6.75. The molecule has 1 saturated heterocycles. The fourth-order valence-corrected chi connectivity index (χ4v) is 3.63. The predicted octanol–water partition coefficient (Wildman–Crippen LogP) is 1.06. The summed E-state index contributed by atoms with van der Waals surface area (Å²) in [4.78, 5) is 17.1. The van der Waals surface area contributed by atoms with E-state index in [2.05, 4.69) is 18.7 Å². The summed E-state index contributed by atoms with van der Waals surface area (Å²) in [6.45, 7) is 5.84. The molecule has 2 unspecified atom stereocenters. The number of likely N-dealkylation sites (tertiary alicyclic amines) is 1. The Hall–Kier alpha value is -0.650. The first-order valence-corrected chi connectivity index (χ1v) is 8.24. The highest BCUT2D eigenvalue weighted by atomic mass is 16.3. The average Bonchev–Trinajstić information content (AvgIpc) is 2.77. The number of hydrogen-bond acceptors (Lipinski definition) is 4. The number of β-amino-alcohol motifs (C(OH)–C–C–N with tert-alkyl or cyclic N) is 1. The van der Waals surface area contributed by atoms with Crippen molar-refractivity contribution in [3.8, 4) is 0 Å². The fraction of sp³-hybridized carbons (Fsp3) is 0.938. The standard InChI is InChI=1S/C16H33N3O2/c1-5-7-16(12-17,8-6-2)15(21)19-11-14(20)9-13(19)10-18(3)4/h13-14,20H,5-12,17H2,1-4H3. The van der Waals surface area contributed by atoms with E-state index in [0.717, 1.165) is 32.2 Å². The number of amides is 1. The lowest BCUT2D eigenvalue weighted by atomic mass is 9.77. The predicted molar refractivity (Wildman–Crippen MR) is 86.0 cm³/mol. The number of hydrogen-bond donors (Lipinski definition) is 2. The molecule has 1 heterocycles. The van der Waals surface area contributed by atoms with Gasteiger partial charge in [0.15, 0.2) is 0 Å². The molecular formula is C16H33N3O2. The van der Waals surface area contributed by atoms with Crippen LogP contribution < -0.4 is 5.73 Å². The van der Waals surface area contributed by atoms with Crippen LogP contribution in [0.25, 0.3) is 0 Å². The molecule has 0 spiro atoms. The zero-order valence-corrected chi connectivity index (χ0v) is 14.1. The largest absolute Gasteiger partial charge is 0.391 e. The maximum absolute atomic E-state index is 13.1. The number of carbonyl (C=O) groups is 1. The molecule has 0 bridgehead atoms. The number of aliphatic hydroxyl groups is 1. The lowest BCUT2D eigenvalue weighted by Crippen LogP contribution is -2.51. The summed E-state index contributed by atoms with van der Waals surface area (Å²) in [5, 5.41) is 9.99. The summed E-state index contributed by atoms with van der Waals surface area (Å²) in [6, 6.07) is 0.0992. The van der Waals surface area contributed by atoms with Crippen molar-refractivity contribution >= 4 is 5.91 Å². The lowest BCUT2D eigenvalue weighted by Gasteiger charge is -2.38. The molecule has 5 heteroatoms. The molecule has 1 aliphatic heterocycles. The molecule has 0 radical (unpaired) electrons. The minimum absolute atomic E-state index is 0.0992. The van der Waals surface area contributed by atoms with Gasteiger partial charge in [0.1, 0.15) is 0 Å². The van der Waals surface area contributed by atoms with E-state index in [-0.39, 0.29) is 11.9 Å². The van der Waals surface area contributed by atoms with E-state index >= 15 is 0 Å². The highest BCUT2D eigenvalue weighted by Gasteiger charge is 2.44. The van der Waals surface area contributed by atoms with Gasteiger partial charge in [-0.25, -0.2) is 0 Å². The molecule has 0 aromatic heterocycles. The van der Waals surface area contributed by atoms with Crippen LogP contribution in [-0.4, -0.2) is 66.7 Å². The number of nitrogens with zero attached hydrogens (tertiary/aromatic N) is 2. The molecule has 124 valence electrons. The van der Waals surface area contributed by atoms with Gasteiger partial charge in [0.05, 0.1) is 11.5 Å². The molecule has 21 heavy (non-hydrogen) atoms.